The number of nitrogens with zero attached hydrogens (tertiary/aromatic N) is 5. The van der Waals surface area contributed by atoms with Crippen LogP contribution in [0.15, 0.2) is 84.3 Å². The molecule has 0 aliphatic heterocycles. The van der Waals surface area contributed by atoms with Gasteiger partial charge in [0.2, 0.25) is 0 Å². The molecule has 0 radical (unpaired) electrons. The lowest BCUT2D eigenvalue weighted by Gasteiger charge is -2.15. The van der Waals surface area contributed by atoms with Gasteiger partial charge in [-0.2, -0.15) is 13.2 Å². The summed E-state index contributed by atoms with van der Waals surface area (Å²) < 4.78 is 66.8. The SMILES string of the molecule is CS(=O)(=O)c1cccc(-c2ccc(-n3cnc(C(F)(F)F)c3)c(-n3nncc3-c3ccc(Cl)cc3Cl)c2)c1. The van der Waals surface area contributed by atoms with E-state index in [9.17, 15) is 21.6 Å². The first-order valence-corrected chi connectivity index (χ1v) is 13.5. The van der Waals surface area contributed by atoms with E-state index in [0.717, 1.165) is 18.8 Å². The normalized spacial score (nSPS) is 12.2. The van der Waals surface area contributed by atoms with Gasteiger partial charge < -0.3 is 4.57 Å². The molecule has 2 heterocycles. The van der Waals surface area contributed by atoms with Crippen molar-refractivity contribution >= 4 is 33.0 Å². The molecule has 13 heteroatoms. The molecule has 5 rings (SSSR count). The second-order valence-corrected chi connectivity index (χ2v) is 11.2. The molecular weight excluding hydrogens is 562 g/mol. The summed E-state index contributed by atoms with van der Waals surface area (Å²) in [6.45, 7) is 0. The first kappa shape index (κ1) is 26.0. The van der Waals surface area contributed by atoms with E-state index in [1.54, 1.807) is 48.5 Å². The zero-order valence-corrected chi connectivity index (χ0v) is 21.7. The molecule has 7 nitrogen and oxygen atoms in total. The maximum Gasteiger partial charge on any atom is 0.434 e. The lowest BCUT2D eigenvalue weighted by Crippen LogP contribution is -2.07. The van der Waals surface area contributed by atoms with Crippen molar-refractivity contribution in [3.8, 4) is 33.8 Å². The number of hydrogen-bond acceptors (Lipinski definition) is 5. The van der Waals surface area contributed by atoms with Gasteiger partial charge in [0.25, 0.3) is 0 Å². The number of benzene rings is 3. The van der Waals surface area contributed by atoms with Crippen molar-refractivity contribution in [3.63, 3.8) is 0 Å². The van der Waals surface area contributed by atoms with Crippen LogP contribution in [0.1, 0.15) is 5.69 Å². The van der Waals surface area contributed by atoms with Crippen molar-refractivity contribution in [2.24, 2.45) is 0 Å². The van der Waals surface area contributed by atoms with Gasteiger partial charge >= 0.3 is 6.18 Å². The number of imidazole rings is 1. The predicted octanol–water partition coefficient (Wildman–Crippen LogP) is 6.52. The van der Waals surface area contributed by atoms with Gasteiger partial charge in [0.1, 0.15) is 0 Å². The van der Waals surface area contributed by atoms with Crippen molar-refractivity contribution in [1.29, 1.82) is 0 Å². The standard InChI is InChI=1S/C25H16Cl2F3N5O2S/c1-38(36,37)18-4-2-3-15(9-18)16-5-8-21(34-13-24(31-14-34)25(28,29)30)22(10-16)35-23(12-32-33-35)19-7-6-17(26)11-20(19)27/h2-14H,1H3. The Hall–Kier alpha value is -3.67. The highest BCUT2D eigenvalue weighted by Gasteiger charge is 2.33. The minimum atomic E-state index is -4.63. The van der Waals surface area contributed by atoms with Crippen LogP contribution < -0.4 is 0 Å². The number of sulfone groups is 1. The first-order valence-electron chi connectivity index (χ1n) is 10.8. The number of rotatable bonds is 5. The predicted molar refractivity (Wildman–Crippen MR) is 137 cm³/mol. The van der Waals surface area contributed by atoms with E-state index in [1.165, 1.54) is 27.6 Å². The summed E-state index contributed by atoms with van der Waals surface area (Å²) in [6, 6.07) is 16.1. The summed E-state index contributed by atoms with van der Waals surface area (Å²) >= 11 is 12.5. The van der Waals surface area contributed by atoms with Crippen LogP contribution in [0.5, 0.6) is 0 Å². The van der Waals surface area contributed by atoms with Crippen molar-refractivity contribution in [1.82, 2.24) is 24.5 Å². The molecule has 194 valence electrons. The average Bonchev–Trinajstić information content (AvgIpc) is 3.54. The van der Waals surface area contributed by atoms with E-state index >= 15 is 0 Å². The molecule has 0 bridgehead atoms. The molecule has 5 aromatic rings. The Kier molecular flexibility index (Phi) is 6.54. The minimum absolute atomic E-state index is 0.124. The molecule has 0 saturated heterocycles. The minimum Gasteiger partial charge on any atom is -0.303 e. The van der Waals surface area contributed by atoms with E-state index in [1.807, 2.05) is 0 Å². The number of halogens is 5. The summed E-state index contributed by atoms with van der Waals surface area (Å²) in [7, 11) is -3.47. The number of aromatic nitrogens is 5. The molecule has 0 amide bonds. The maximum atomic E-state index is 13.3. The van der Waals surface area contributed by atoms with Gasteiger partial charge in [-0.25, -0.2) is 18.1 Å². The van der Waals surface area contributed by atoms with Crippen molar-refractivity contribution < 1.29 is 21.6 Å². The van der Waals surface area contributed by atoms with Crippen LogP contribution in [0, 0.1) is 0 Å². The maximum absolute atomic E-state index is 13.3. The van der Waals surface area contributed by atoms with E-state index < -0.39 is 21.7 Å². The van der Waals surface area contributed by atoms with E-state index in [2.05, 4.69) is 15.3 Å². The van der Waals surface area contributed by atoms with Gasteiger partial charge in [0.05, 0.1) is 39.5 Å². The van der Waals surface area contributed by atoms with Crippen LogP contribution in [-0.2, 0) is 16.0 Å². The Morgan fingerprint density at radius 3 is 2.37 bits per heavy atom. The molecule has 2 aromatic heterocycles. The molecule has 0 saturated carbocycles. The van der Waals surface area contributed by atoms with Gasteiger partial charge in [0.15, 0.2) is 15.5 Å². The van der Waals surface area contributed by atoms with Crippen molar-refractivity contribution in [2.45, 2.75) is 11.1 Å². The van der Waals surface area contributed by atoms with Crippen LogP contribution >= 0.6 is 23.2 Å². The smallest absolute Gasteiger partial charge is 0.303 e. The highest BCUT2D eigenvalue weighted by atomic mass is 35.5. The van der Waals surface area contributed by atoms with Gasteiger partial charge in [0, 0.05) is 23.0 Å². The Bertz CT molecular complexity index is 1780. The fraction of sp³-hybridized carbons (Fsp3) is 0.0800. The van der Waals surface area contributed by atoms with Gasteiger partial charge in [-0.05, 0) is 53.6 Å². The van der Waals surface area contributed by atoms with E-state index in [4.69, 9.17) is 23.2 Å². The van der Waals surface area contributed by atoms with Crippen LogP contribution in [0.25, 0.3) is 33.8 Å². The number of hydrogen-bond donors (Lipinski definition) is 0. The van der Waals surface area contributed by atoms with Crippen LogP contribution in [0.4, 0.5) is 13.2 Å². The Morgan fingerprint density at radius 1 is 0.921 bits per heavy atom. The Balaban J connectivity index is 1.73. The molecule has 0 unspecified atom stereocenters. The average molecular weight is 578 g/mol. The number of alkyl halides is 3. The van der Waals surface area contributed by atoms with Crippen molar-refractivity contribution in [2.75, 3.05) is 6.26 Å². The zero-order chi connectivity index (χ0) is 27.2. The summed E-state index contributed by atoms with van der Waals surface area (Å²) in [6.07, 6.45) is -0.140. The third-order valence-corrected chi connectivity index (χ3v) is 7.36. The first-order chi connectivity index (χ1) is 17.9. The summed E-state index contributed by atoms with van der Waals surface area (Å²) in [5, 5.41) is 8.93. The molecule has 0 N–H and O–H groups in total. The van der Waals surface area contributed by atoms with E-state index in [-0.39, 0.29) is 4.90 Å². The highest BCUT2D eigenvalue weighted by Crippen LogP contribution is 2.35. The van der Waals surface area contributed by atoms with Crippen LogP contribution in [-0.4, -0.2) is 39.2 Å². The van der Waals surface area contributed by atoms with Crippen molar-refractivity contribution in [3.05, 3.63) is 95.1 Å². The molecule has 3 aromatic carbocycles. The fourth-order valence-corrected chi connectivity index (χ4v) is 5.06. The second kappa shape index (κ2) is 9.57. The summed E-state index contributed by atoms with van der Waals surface area (Å²) in [5.41, 5.74) is 1.75. The Labute approximate surface area is 225 Å². The lowest BCUT2D eigenvalue weighted by atomic mass is 10.0. The quantitative estimate of drug-likeness (QED) is 0.237. The molecule has 0 atom stereocenters. The summed E-state index contributed by atoms with van der Waals surface area (Å²) in [4.78, 5) is 3.62. The monoisotopic (exact) mass is 577 g/mol. The fourth-order valence-electron chi connectivity index (χ4n) is 3.89. The summed E-state index contributed by atoms with van der Waals surface area (Å²) in [5.74, 6) is 0. The zero-order valence-electron chi connectivity index (χ0n) is 19.4. The second-order valence-electron chi connectivity index (χ2n) is 8.32. The topological polar surface area (TPSA) is 82.7 Å². The third kappa shape index (κ3) is 5.04. The molecule has 38 heavy (non-hydrogen) atoms. The van der Waals surface area contributed by atoms with Crippen LogP contribution in [0.3, 0.4) is 0 Å². The largest absolute Gasteiger partial charge is 0.434 e. The molecule has 0 aliphatic rings. The third-order valence-electron chi connectivity index (χ3n) is 5.71. The van der Waals surface area contributed by atoms with E-state index in [0.29, 0.717) is 43.8 Å². The highest BCUT2D eigenvalue weighted by molar-refractivity contribution is 7.90. The lowest BCUT2D eigenvalue weighted by molar-refractivity contribution is -0.140. The van der Waals surface area contributed by atoms with Gasteiger partial charge in [-0.3, -0.25) is 0 Å². The molecular formula is C25H16Cl2F3N5O2S. The Morgan fingerprint density at radius 2 is 1.68 bits per heavy atom. The van der Waals surface area contributed by atoms with Crippen LogP contribution in [0.2, 0.25) is 10.0 Å². The molecule has 0 spiro atoms. The molecule has 0 aliphatic carbocycles. The molecule has 0 fully saturated rings. The van der Waals surface area contributed by atoms with Gasteiger partial charge in [-0.15, -0.1) is 5.10 Å². The van der Waals surface area contributed by atoms with Gasteiger partial charge in [-0.1, -0.05) is 46.6 Å².